The maximum Gasteiger partial charge on any atom is 0.139 e. The van der Waals surface area contributed by atoms with E-state index in [1.807, 2.05) is 6.92 Å². The highest BCUT2D eigenvalue weighted by atomic mass is 35.5. The summed E-state index contributed by atoms with van der Waals surface area (Å²) in [6.45, 7) is 3.18. The Hall–Kier alpha value is -1.24. The van der Waals surface area contributed by atoms with Gasteiger partial charge in [-0.2, -0.15) is 0 Å². The molecule has 1 aromatic rings. The summed E-state index contributed by atoms with van der Waals surface area (Å²) in [6.07, 6.45) is 8.33. The molecule has 1 atom stereocenters. The highest BCUT2D eigenvalue weighted by Crippen LogP contribution is 2.16. The summed E-state index contributed by atoms with van der Waals surface area (Å²) in [7, 11) is 0. The van der Waals surface area contributed by atoms with Crippen LogP contribution < -0.4 is 10.1 Å². The molecule has 1 unspecified atom stereocenters. The second-order valence-corrected chi connectivity index (χ2v) is 3.54. The number of rotatable bonds is 5. The molecule has 0 aliphatic heterocycles. The summed E-state index contributed by atoms with van der Waals surface area (Å²) in [6, 6.07) is 1.73. The molecule has 0 saturated heterocycles. The van der Waals surface area contributed by atoms with E-state index in [-0.39, 0.29) is 6.10 Å². The van der Waals surface area contributed by atoms with Gasteiger partial charge in [0.25, 0.3) is 0 Å². The quantitative estimate of drug-likeness (QED) is 0.611. The Morgan fingerprint density at radius 3 is 3.13 bits per heavy atom. The zero-order valence-electron chi connectivity index (χ0n) is 8.53. The van der Waals surface area contributed by atoms with Crippen molar-refractivity contribution in [2.24, 2.45) is 0 Å². The smallest absolute Gasteiger partial charge is 0.139 e. The lowest BCUT2D eigenvalue weighted by atomic mass is 10.4. The molecule has 1 heterocycles. The molecule has 0 aliphatic rings. The SMILES string of the molecule is C#CCNCC(C)Oc1cncc(Cl)c1. The molecule has 0 radical (unpaired) electrons. The van der Waals surface area contributed by atoms with E-state index in [2.05, 4.69) is 16.2 Å². The fourth-order valence-corrected chi connectivity index (χ4v) is 1.24. The number of hydrogen-bond donors (Lipinski definition) is 1. The van der Waals surface area contributed by atoms with Gasteiger partial charge < -0.3 is 10.1 Å². The molecule has 0 aliphatic carbocycles. The summed E-state index contributed by atoms with van der Waals surface area (Å²) >= 11 is 5.77. The van der Waals surface area contributed by atoms with E-state index >= 15 is 0 Å². The third-order valence-electron chi connectivity index (χ3n) is 1.68. The van der Waals surface area contributed by atoms with E-state index in [9.17, 15) is 0 Å². The van der Waals surface area contributed by atoms with Crippen LogP contribution in [-0.2, 0) is 0 Å². The zero-order valence-corrected chi connectivity index (χ0v) is 9.29. The van der Waals surface area contributed by atoms with Gasteiger partial charge in [0.15, 0.2) is 0 Å². The van der Waals surface area contributed by atoms with Crippen molar-refractivity contribution in [3.63, 3.8) is 0 Å². The Kier molecular flexibility index (Phi) is 4.96. The summed E-state index contributed by atoms with van der Waals surface area (Å²) in [5, 5.41) is 3.62. The lowest BCUT2D eigenvalue weighted by molar-refractivity contribution is 0.218. The molecule has 15 heavy (non-hydrogen) atoms. The van der Waals surface area contributed by atoms with E-state index < -0.39 is 0 Å². The maximum atomic E-state index is 5.77. The molecule has 1 aromatic heterocycles. The van der Waals surface area contributed by atoms with E-state index in [1.165, 1.54) is 0 Å². The van der Waals surface area contributed by atoms with Crippen LogP contribution in [0.25, 0.3) is 0 Å². The Balaban J connectivity index is 2.38. The first kappa shape index (κ1) is 11.8. The van der Waals surface area contributed by atoms with Crippen LogP contribution in [0.5, 0.6) is 5.75 Å². The minimum Gasteiger partial charge on any atom is -0.488 e. The van der Waals surface area contributed by atoms with Crippen LogP contribution in [0.3, 0.4) is 0 Å². The molecule has 0 spiro atoms. The van der Waals surface area contributed by atoms with Crippen molar-refractivity contribution in [2.75, 3.05) is 13.1 Å². The molecule has 0 saturated carbocycles. The van der Waals surface area contributed by atoms with Crippen molar-refractivity contribution in [1.29, 1.82) is 0 Å². The van der Waals surface area contributed by atoms with Gasteiger partial charge >= 0.3 is 0 Å². The predicted octanol–water partition coefficient (Wildman–Crippen LogP) is 1.73. The van der Waals surface area contributed by atoms with E-state index in [0.29, 0.717) is 23.9 Å². The second kappa shape index (κ2) is 6.28. The van der Waals surface area contributed by atoms with E-state index in [0.717, 1.165) is 0 Å². The average molecular weight is 225 g/mol. The average Bonchev–Trinajstić information content (AvgIpc) is 2.18. The number of nitrogens with zero attached hydrogens (tertiary/aromatic N) is 1. The molecule has 1 rings (SSSR count). The van der Waals surface area contributed by atoms with Crippen LogP contribution in [0.1, 0.15) is 6.92 Å². The first-order chi connectivity index (χ1) is 7.22. The van der Waals surface area contributed by atoms with Gasteiger partial charge in [0.1, 0.15) is 11.9 Å². The molecule has 0 aromatic carbocycles. The third-order valence-corrected chi connectivity index (χ3v) is 1.88. The topological polar surface area (TPSA) is 34.1 Å². The maximum absolute atomic E-state index is 5.77. The van der Waals surface area contributed by atoms with Crippen molar-refractivity contribution in [2.45, 2.75) is 13.0 Å². The summed E-state index contributed by atoms with van der Waals surface area (Å²) in [5.41, 5.74) is 0. The fourth-order valence-electron chi connectivity index (χ4n) is 1.08. The third kappa shape index (κ3) is 4.68. The van der Waals surface area contributed by atoms with Gasteiger partial charge in [0, 0.05) is 18.8 Å². The molecule has 0 amide bonds. The van der Waals surface area contributed by atoms with E-state index in [4.69, 9.17) is 22.8 Å². The Bertz CT molecular complexity index is 349. The van der Waals surface area contributed by atoms with Gasteiger partial charge in [0.2, 0.25) is 0 Å². The number of pyridine rings is 1. The second-order valence-electron chi connectivity index (χ2n) is 3.10. The molecule has 1 N–H and O–H groups in total. The van der Waals surface area contributed by atoms with Crippen LogP contribution >= 0.6 is 11.6 Å². The van der Waals surface area contributed by atoms with Gasteiger partial charge in [0.05, 0.1) is 17.8 Å². The largest absolute Gasteiger partial charge is 0.488 e. The van der Waals surface area contributed by atoms with Gasteiger partial charge in [-0.15, -0.1) is 6.42 Å². The van der Waals surface area contributed by atoms with Crippen molar-refractivity contribution in [3.8, 4) is 18.1 Å². The minimum atomic E-state index is 0.0265. The molecule has 80 valence electrons. The Morgan fingerprint density at radius 2 is 2.47 bits per heavy atom. The number of ether oxygens (including phenoxy) is 1. The molecular formula is C11H13ClN2O. The van der Waals surface area contributed by atoms with E-state index in [1.54, 1.807) is 18.5 Å². The minimum absolute atomic E-state index is 0.0265. The normalized spacial score (nSPS) is 11.8. The zero-order chi connectivity index (χ0) is 11.1. The van der Waals surface area contributed by atoms with Crippen molar-refractivity contribution < 1.29 is 4.74 Å². The molecule has 4 heteroatoms. The standard InChI is InChI=1S/C11H13ClN2O/c1-3-4-13-6-9(2)15-11-5-10(12)7-14-8-11/h1,5,7-9,13H,4,6H2,2H3. The van der Waals surface area contributed by atoms with Crippen LogP contribution in [-0.4, -0.2) is 24.2 Å². The number of hydrogen-bond acceptors (Lipinski definition) is 3. The fraction of sp³-hybridized carbons (Fsp3) is 0.364. The lowest BCUT2D eigenvalue weighted by Gasteiger charge is -2.14. The summed E-state index contributed by atoms with van der Waals surface area (Å²) in [4.78, 5) is 3.92. The highest BCUT2D eigenvalue weighted by Gasteiger charge is 2.03. The van der Waals surface area contributed by atoms with Gasteiger partial charge in [-0.3, -0.25) is 4.98 Å². The van der Waals surface area contributed by atoms with Crippen molar-refractivity contribution in [3.05, 3.63) is 23.5 Å². The first-order valence-electron chi connectivity index (χ1n) is 4.63. The van der Waals surface area contributed by atoms with Crippen molar-refractivity contribution >= 4 is 11.6 Å². The monoisotopic (exact) mass is 224 g/mol. The number of halogens is 1. The number of aromatic nitrogens is 1. The predicted molar refractivity (Wildman–Crippen MR) is 61.0 cm³/mol. The van der Waals surface area contributed by atoms with Crippen LogP contribution in [0.2, 0.25) is 5.02 Å². The highest BCUT2D eigenvalue weighted by molar-refractivity contribution is 6.30. The Morgan fingerprint density at radius 1 is 1.67 bits per heavy atom. The van der Waals surface area contributed by atoms with Crippen molar-refractivity contribution in [1.82, 2.24) is 10.3 Å². The van der Waals surface area contributed by atoms with Crippen LogP contribution in [0.4, 0.5) is 0 Å². The number of nitrogens with one attached hydrogen (secondary N) is 1. The molecule has 0 fully saturated rings. The summed E-state index contributed by atoms with van der Waals surface area (Å²) < 4.78 is 5.56. The molecule has 0 bridgehead atoms. The van der Waals surface area contributed by atoms with Gasteiger partial charge in [-0.05, 0) is 6.92 Å². The van der Waals surface area contributed by atoms with Crippen LogP contribution in [0.15, 0.2) is 18.5 Å². The molecular weight excluding hydrogens is 212 g/mol. The number of terminal acetylenes is 1. The summed E-state index contributed by atoms with van der Waals surface area (Å²) in [5.74, 6) is 3.16. The van der Waals surface area contributed by atoms with Gasteiger partial charge in [-0.25, -0.2) is 0 Å². The first-order valence-corrected chi connectivity index (χ1v) is 5.01. The van der Waals surface area contributed by atoms with Gasteiger partial charge in [-0.1, -0.05) is 17.5 Å². The molecule has 3 nitrogen and oxygen atoms in total. The lowest BCUT2D eigenvalue weighted by Crippen LogP contribution is -2.29. The Labute approximate surface area is 94.8 Å². The van der Waals surface area contributed by atoms with Crippen LogP contribution in [0, 0.1) is 12.3 Å².